The lowest BCUT2D eigenvalue weighted by molar-refractivity contribution is -0.825. The summed E-state index contributed by atoms with van der Waals surface area (Å²) in [6.45, 7) is 23.7. The molecule has 5 fully saturated rings. The van der Waals surface area contributed by atoms with Crippen LogP contribution in [0.5, 0.6) is 23.0 Å². The van der Waals surface area contributed by atoms with Crippen LogP contribution in [0.1, 0.15) is 38.8 Å². The first kappa shape index (κ1) is 99.5. The van der Waals surface area contributed by atoms with Crippen molar-refractivity contribution in [1.29, 1.82) is 0 Å². The van der Waals surface area contributed by atoms with Crippen molar-refractivity contribution in [2.45, 2.75) is 57.0 Å². The molecule has 141 heavy (non-hydrogen) atoms. The second-order valence-electron chi connectivity index (χ2n) is 35.4. The van der Waals surface area contributed by atoms with Gasteiger partial charge in [0.25, 0.3) is 27.8 Å². The highest BCUT2D eigenvalue weighted by Crippen LogP contribution is 2.35. The minimum Gasteiger partial charge on any atom is -0.494 e. The lowest BCUT2D eigenvalue weighted by Crippen LogP contribution is -2.73. The fourth-order valence-corrected chi connectivity index (χ4v) is 18.6. The van der Waals surface area contributed by atoms with Crippen molar-refractivity contribution < 1.29 is 43.9 Å². The molecule has 0 amide bonds. The number of aryl methyl sites for hydroxylation is 1. The maximum Gasteiger partial charge on any atom is 0.258 e. The van der Waals surface area contributed by atoms with Gasteiger partial charge in [0.15, 0.2) is 28.8 Å². The van der Waals surface area contributed by atoms with E-state index in [9.17, 15) is 38.0 Å². The van der Waals surface area contributed by atoms with Gasteiger partial charge in [0, 0.05) is 229 Å². The summed E-state index contributed by atoms with van der Waals surface area (Å²) >= 11 is 1.35. The molecule has 0 aliphatic carbocycles. The van der Waals surface area contributed by atoms with Gasteiger partial charge in [0.1, 0.15) is 39.7 Å². The molecule has 17 heterocycles. The lowest BCUT2D eigenvalue weighted by Gasteiger charge is -2.29. The predicted molar refractivity (Wildman–Crippen MR) is 551 cm³/mol. The van der Waals surface area contributed by atoms with Gasteiger partial charge in [-0.2, -0.15) is 5.48 Å². The van der Waals surface area contributed by atoms with E-state index in [0.717, 1.165) is 199 Å². The normalized spacial score (nSPS) is 15.4. The average Bonchev–Trinajstić information content (AvgIpc) is 1.64. The van der Waals surface area contributed by atoms with Crippen LogP contribution >= 0.6 is 11.8 Å². The number of rotatable bonds is 18. The number of nitrogens with zero attached hydrogens (tertiary/aromatic N) is 19. The standard InChI is InChI=1S/C23H28N4O3.C22H24N6O.C21H23FN4O2.C19H19FN4OS.C19H21N5O3.H2O/c1-15(2)24-17-9-10-26(13-17)18-6-8-22-25-19(12-23(28)27(22)14-18)16-5-7-20(29-3)21(11-16)30-4;1-16-13-27-14-17(4-6-20(27)23-16)19-12-22(29)28-15-18(5-7-21(28)24-19)26-9-3-8-25(2)10-11-26;1-24-8-3-9-25(11-10-24)16-5-7-20-23-18(13-21(27)26(20)14-16)15-4-6-19(28-2)17(22)12-15;1-26-17-4-2-13(10-15(17)20)16-11-19(25)24-12-14(3-5-18(24)22-16)23-8-6-21-7-9-23;1-27-17-4-2-13(10-16(17)22-26)15-11-19(25)24-12-14(3-5-18(24)21-15)23-8-6-20-7-9-23;/h5-8,11-12,14-15,17,24H,9-10,13H2,1-4H3;4-7,12-15H,3,8-11H2,1-2H3;4-7,12-14H,3,8-11H2,1-2H3;2-5,10-12,21H,6-9H2,1H3;2-5,10-12,20,22,26H,6-9H2,1H3;1H2/p+1/t17-;;;;;/m0...../s1. The number of likely N-dealkylation sites (N-methyl/N-ethyl adjacent to an activating group) is 2. The molecular formula is C104H118F2N23O11S+. The molecule has 0 spiro atoms. The van der Waals surface area contributed by atoms with Crippen molar-refractivity contribution >= 4 is 79.8 Å². The monoisotopic (exact) mass is 1930 g/mol. The molecule has 5 aliphatic rings. The van der Waals surface area contributed by atoms with Crippen LogP contribution in [-0.4, -0.2) is 255 Å². The molecule has 734 valence electrons. The first-order chi connectivity index (χ1) is 67.9. The zero-order valence-electron chi connectivity index (χ0n) is 80.6. The molecule has 5 saturated heterocycles. The number of aromatic nitrogens is 12. The molecule has 0 saturated carbocycles. The van der Waals surface area contributed by atoms with Crippen molar-refractivity contribution in [3.63, 3.8) is 0 Å². The maximum absolute atomic E-state index is 14.1. The summed E-state index contributed by atoms with van der Waals surface area (Å²) in [4.78, 5) is 108. The average molecular weight is 1940 g/mol. The number of hydrogen-bond acceptors (Lipinski definition) is 27. The number of nitrogens with one attached hydrogen (secondary N) is 3. The number of halogens is 2. The molecule has 4 aromatic carbocycles. The van der Waals surface area contributed by atoms with Gasteiger partial charge in [-0.3, -0.25) is 46.0 Å². The van der Waals surface area contributed by atoms with Crippen LogP contribution in [0.2, 0.25) is 0 Å². The smallest absolute Gasteiger partial charge is 0.258 e. The Bertz CT molecular complexity index is 7520. The van der Waals surface area contributed by atoms with Crippen LogP contribution in [0.25, 0.3) is 90.2 Å². The number of imidazole rings is 1. The van der Waals surface area contributed by atoms with Gasteiger partial charge in [0.2, 0.25) is 5.69 Å². The van der Waals surface area contributed by atoms with Crippen LogP contribution < -0.4 is 92.7 Å². The van der Waals surface area contributed by atoms with Crippen molar-refractivity contribution in [1.82, 2.24) is 82.1 Å². The van der Waals surface area contributed by atoms with E-state index < -0.39 is 5.82 Å². The minimum absolute atomic E-state index is 0. The highest BCUT2D eigenvalue weighted by molar-refractivity contribution is 7.98. The molecule has 0 radical (unpaired) electrons. The summed E-state index contributed by atoms with van der Waals surface area (Å²) in [5.74, 6) is 1.17. The van der Waals surface area contributed by atoms with Crippen molar-refractivity contribution in [2.24, 2.45) is 0 Å². The summed E-state index contributed by atoms with van der Waals surface area (Å²) in [6, 6.07) is 52.2. The van der Waals surface area contributed by atoms with E-state index >= 15 is 0 Å². The molecule has 0 bridgehead atoms. The second kappa shape index (κ2) is 45.2. The van der Waals surface area contributed by atoms with Crippen LogP contribution in [0, 0.1) is 18.6 Å². The molecule has 12 aromatic heterocycles. The van der Waals surface area contributed by atoms with E-state index in [0.29, 0.717) is 108 Å². The third-order valence-electron chi connectivity index (χ3n) is 25.6. The molecule has 1 atom stereocenters. The van der Waals surface area contributed by atoms with Crippen LogP contribution in [0.15, 0.2) is 248 Å². The van der Waals surface area contributed by atoms with E-state index in [2.05, 4.69) is 104 Å². The number of piperazine rings is 2. The Morgan fingerprint density at radius 2 is 0.759 bits per heavy atom. The van der Waals surface area contributed by atoms with Gasteiger partial charge >= 0.3 is 0 Å². The largest absolute Gasteiger partial charge is 0.494 e. The Morgan fingerprint density at radius 1 is 0.390 bits per heavy atom. The number of nitrogens with two attached hydrogens (primary N) is 1. The maximum atomic E-state index is 14.1. The van der Waals surface area contributed by atoms with Gasteiger partial charge in [-0.05, 0) is 193 Å². The zero-order chi connectivity index (χ0) is 97.8. The second-order valence-corrected chi connectivity index (χ2v) is 36.3. The molecule has 0 unspecified atom stereocenters. The number of benzene rings is 4. The number of ether oxygens (including phenoxy) is 4. The number of hydrogen-bond donors (Lipinski definition) is 5. The van der Waals surface area contributed by atoms with E-state index in [1.54, 1.807) is 85.8 Å². The fraction of sp³-hybridized carbons (Fsp3) is 0.317. The Morgan fingerprint density at radius 3 is 1.16 bits per heavy atom. The molecule has 16 aromatic rings. The van der Waals surface area contributed by atoms with E-state index in [1.165, 1.54) is 55.3 Å². The third-order valence-corrected chi connectivity index (χ3v) is 26.4. The summed E-state index contributed by atoms with van der Waals surface area (Å²) in [5.41, 5.74) is 17.1. The first-order valence-corrected chi connectivity index (χ1v) is 48.2. The molecule has 34 nitrogen and oxygen atoms in total. The van der Waals surface area contributed by atoms with Gasteiger partial charge in [0.05, 0.1) is 91.0 Å². The van der Waals surface area contributed by atoms with Crippen molar-refractivity contribution in [3.8, 4) is 79.3 Å². The van der Waals surface area contributed by atoms with Crippen LogP contribution in [0.4, 0.5) is 42.9 Å². The van der Waals surface area contributed by atoms with Crippen LogP contribution in [-0.2, 0) is 0 Å². The van der Waals surface area contributed by atoms with Gasteiger partial charge in [-0.15, -0.1) is 11.8 Å². The highest BCUT2D eigenvalue weighted by Gasteiger charge is 2.26. The summed E-state index contributed by atoms with van der Waals surface area (Å²) < 4.78 is 58.8. The first-order valence-electron chi connectivity index (χ1n) is 46.9. The Kier molecular flexibility index (Phi) is 31.9. The van der Waals surface area contributed by atoms with E-state index in [1.807, 2.05) is 152 Å². The third kappa shape index (κ3) is 23.3. The quantitative estimate of drug-likeness (QED) is 0.0303. The Hall–Kier alpha value is -14.5. The van der Waals surface area contributed by atoms with Crippen molar-refractivity contribution in [3.05, 3.63) is 288 Å². The molecule has 37 heteroatoms. The van der Waals surface area contributed by atoms with E-state index in [4.69, 9.17) is 28.9 Å². The molecule has 8 N–H and O–H groups in total. The number of pyridine rings is 6. The molecular weight excluding hydrogens is 1820 g/mol. The zero-order valence-corrected chi connectivity index (χ0v) is 81.5. The summed E-state index contributed by atoms with van der Waals surface area (Å²) in [6.07, 6.45) is 18.4. The van der Waals surface area contributed by atoms with E-state index in [-0.39, 0.29) is 44.8 Å². The molecule has 5 aliphatic heterocycles. The topological polar surface area (TPSA) is 353 Å². The van der Waals surface area contributed by atoms with Gasteiger partial charge in [-0.25, -0.2) is 43.9 Å². The SMILES string of the molecule is COc1ccc(-c2cc(=O)n3cc(N4CCCN(C)CC4)ccc3n2)cc1F.COc1ccc(-c2cc(=O)n3cc(N4CCNCC4)ccc3n2)cc1[NH2+]O.COc1ccc(-c2cc(=O)n3cc(N4CC[C@H](NC(C)C)C4)ccc3n2)cc1OC.CSc1ccc(-c2cc(=O)n3cc(N4CCNCC4)ccc3n2)cc1F.Cc1cn2cc(-c3cc(=O)n4cc(N5CCCN(C)CC5)ccc4n3)ccc2n1.O. The summed E-state index contributed by atoms with van der Waals surface area (Å²) in [7, 11) is 10.4. The highest BCUT2D eigenvalue weighted by atomic mass is 32.2. The number of anilines is 5. The minimum atomic E-state index is -0.483. The fourth-order valence-electron chi connectivity index (χ4n) is 18.1. The number of thioether (sulfide) groups is 1. The Balaban J connectivity index is 0.000000127. The predicted octanol–water partition coefficient (Wildman–Crippen LogP) is 10.2. The van der Waals surface area contributed by atoms with Crippen LogP contribution in [0.3, 0.4) is 0 Å². The summed E-state index contributed by atoms with van der Waals surface area (Å²) in [5, 5.41) is 19.6. The van der Waals surface area contributed by atoms with Crippen molar-refractivity contribution in [2.75, 3.05) is 191 Å². The van der Waals surface area contributed by atoms with Gasteiger partial charge < -0.3 is 79.1 Å². The Labute approximate surface area is 817 Å². The number of fused-ring (bicyclic) bond motifs is 6. The lowest BCUT2D eigenvalue weighted by atomic mass is 10.1. The number of quaternary nitrogens is 1. The van der Waals surface area contributed by atoms with Gasteiger partial charge in [-0.1, -0.05) is 19.9 Å². The molecule has 21 rings (SSSR count). The number of methoxy groups -OCH3 is 4.